The molecule has 15 heavy (non-hydrogen) atoms. The Morgan fingerprint density at radius 3 is 2.73 bits per heavy atom. The normalized spacial score (nSPS) is 19.6. The summed E-state index contributed by atoms with van der Waals surface area (Å²) in [7, 11) is 0. The highest BCUT2D eigenvalue weighted by molar-refractivity contribution is 4.97. The fourth-order valence-electron chi connectivity index (χ4n) is 2.04. The molecule has 0 amide bonds. The van der Waals surface area contributed by atoms with E-state index in [0.717, 1.165) is 38.3 Å². The van der Waals surface area contributed by atoms with Crippen molar-refractivity contribution in [3.8, 4) is 0 Å². The highest BCUT2D eigenvalue weighted by Crippen LogP contribution is 2.25. The summed E-state index contributed by atoms with van der Waals surface area (Å²) in [4.78, 5) is 6.53. The molecule has 1 fully saturated rings. The molecule has 2 heterocycles. The maximum atomic E-state index is 8.82. The number of hydrogen-bond acceptors (Lipinski definition) is 5. The average molecular weight is 211 g/mol. The van der Waals surface area contributed by atoms with Crippen molar-refractivity contribution in [2.24, 2.45) is 0 Å². The van der Waals surface area contributed by atoms with Crippen molar-refractivity contribution in [2.45, 2.75) is 25.7 Å². The molecule has 0 atom stereocenters. The Hall–Kier alpha value is -0.940. The smallest absolute Gasteiger partial charge is 0.223 e. The van der Waals surface area contributed by atoms with Crippen LogP contribution in [-0.4, -0.2) is 46.4 Å². The van der Waals surface area contributed by atoms with E-state index in [0.29, 0.717) is 11.8 Å². The van der Waals surface area contributed by atoms with Crippen molar-refractivity contribution in [1.29, 1.82) is 0 Å². The largest absolute Gasteiger partial charge is 0.395 e. The predicted molar refractivity (Wildman–Crippen MR) is 54.5 cm³/mol. The summed E-state index contributed by atoms with van der Waals surface area (Å²) >= 11 is 0. The summed E-state index contributed by atoms with van der Waals surface area (Å²) < 4.78 is 4.98. The summed E-state index contributed by atoms with van der Waals surface area (Å²) in [5.74, 6) is 1.91. The standard InChI is InChI=1S/C10H17N3O2/c1-8-11-10(12-15-8)9-2-4-13(5-3-9)6-7-14/h9,14H,2-7H2,1H3. The van der Waals surface area contributed by atoms with Gasteiger partial charge in [0.1, 0.15) is 0 Å². The highest BCUT2D eigenvalue weighted by Gasteiger charge is 2.23. The zero-order chi connectivity index (χ0) is 10.7. The van der Waals surface area contributed by atoms with Gasteiger partial charge in [0.25, 0.3) is 0 Å². The molecule has 0 bridgehead atoms. The van der Waals surface area contributed by atoms with Gasteiger partial charge < -0.3 is 14.5 Å². The Balaban J connectivity index is 1.88. The Kier molecular flexibility index (Phi) is 3.33. The van der Waals surface area contributed by atoms with E-state index in [4.69, 9.17) is 9.63 Å². The van der Waals surface area contributed by atoms with E-state index in [1.165, 1.54) is 0 Å². The van der Waals surface area contributed by atoms with Gasteiger partial charge in [-0.1, -0.05) is 5.16 Å². The first-order chi connectivity index (χ1) is 7.29. The van der Waals surface area contributed by atoms with Crippen LogP contribution < -0.4 is 0 Å². The molecule has 84 valence electrons. The van der Waals surface area contributed by atoms with E-state index in [9.17, 15) is 0 Å². The van der Waals surface area contributed by atoms with Gasteiger partial charge in [0.2, 0.25) is 5.89 Å². The summed E-state index contributed by atoms with van der Waals surface area (Å²) in [6.45, 7) is 4.86. The molecule has 1 aromatic heterocycles. The van der Waals surface area contributed by atoms with Crippen LogP contribution in [0.25, 0.3) is 0 Å². The number of likely N-dealkylation sites (tertiary alicyclic amines) is 1. The molecular formula is C10H17N3O2. The second-order valence-electron chi connectivity index (χ2n) is 4.01. The number of aliphatic hydroxyl groups excluding tert-OH is 1. The third kappa shape index (κ3) is 2.54. The summed E-state index contributed by atoms with van der Waals surface area (Å²) in [5.41, 5.74) is 0. The van der Waals surface area contributed by atoms with Crippen molar-refractivity contribution in [2.75, 3.05) is 26.2 Å². The van der Waals surface area contributed by atoms with Crippen LogP contribution in [0.4, 0.5) is 0 Å². The van der Waals surface area contributed by atoms with Gasteiger partial charge in [0.05, 0.1) is 6.61 Å². The number of aromatic nitrogens is 2. The zero-order valence-corrected chi connectivity index (χ0v) is 9.02. The second-order valence-corrected chi connectivity index (χ2v) is 4.01. The Morgan fingerprint density at radius 2 is 2.20 bits per heavy atom. The van der Waals surface area contributed by atoms with Crippen LogP contribution in [0.1, 0.15) is 30.5 Å². The van der Waals surface area contributed by atoms with Gasteiger partial charge in [-0.05, 0) is 25.9 Å². The number of piperidine rings is 1. The summed E-state index contributed by atoms with van der Waals surface area (Å²) in [5, 5.41) is 12.8. The van der Waals surface area contributed by atoms with E-state index in [2.05, 4.69) is 15.0 Å². The monoisotopic (exact) mass is 211 g/mol. The lowest BCUT2D eigenvalue weighted by Gasteiger charge is -2.29. The molecule has 5 heteroatoms. The Bertz CT molecular complexity index is 305. The molecular weight excluding hydrogens is 194 g/mol. The average Bonchev–Trinajstić information content (AvgIpc) is 2.67. The van der Waals surface area contributed by atoms with Crippen LogP contribution >= 0.6 is 0 Å². The predicted octanol–water partition coefficient (Wildman–Crippen LogP) is 0.550. The van der Waals surface area contributed by atoms with Gasteiger partial charge in [-0.2, -0.15) is 4.98 Å². The maximum absolute atomic E-state index is 8.82. The molecule has 0 spiro atoms. The van der Waals surface area contributed by atoms with Crippen LogP contribution in [0.2, 0.25) is 0 Å². The maximum Gasteiger partial charge on any atom is 0.223 e. The molecule has 0 radical (unpaired) electrons. The van der Waals surface area contributed by atoms with E-state index >= 15 is 0 Å². The van der Waals surface area contributed by atoms with Gasteiger partial charge in [0, 0.05) is 19.4 Å². The van der Waals surface area contributed by atoms with Crippen molar-refractivity contribution >= 4 is 0 Å². The SMILES string of the molecule is Cc1nc(C2CCN(CCO)CC2)no1. The third-order valence-electron chi connectivity index (χ3n) is 2.91. The minimum absolute atomic E-state index is 0.242. The second kappa shape index (κ2) is 4.72. The van der Waals surface area contributed by atoms with Crippen molar-refractivity contribution in [3.05, 3.63) is 11.7 Å². The zero-order valence-electron chi connectivity index (χ0n) is 9.02. The van der Waals surface area contributed by atoms with Crippen LogP contribution in [0, 0.1) is 6.92 Å². The molecule has 2 rings (SSSR count). The fraction of sp³-hybridized carbons (Fsp3) is 0.800. The van der Waals surface area contributed by atoms with E-state index in [-0.39, 0.29) is 6.61 Å². The molecule has 0 saturated carbocycles. The van der Waals surface area contributed by atoms with Crippen molar-refractivity contribution in [1.82, 2.24) is 15.0 Å². The summed E-state index contributed by atoms with van der Waals surface area (Å²) in [6, 6.07) is 0. The number of aliphatic hydroxyl groups is 1. The highest BCUT2D eigenvalue weighted by atomic mass is 16.5. The Labute approximate surface area is 89.1 Å². The number of rotatable bonds is 3. The van der Waals surface area contributed by atoms with Crippen LogP contribution in [0.3, 0.4) is 0 Å². The van der Waals surface area contributed by atoms with Gasteiger partial charge in [-0.25, -0.2) is 0 Å². The lowest BCUT2D eigenvalue weighted by molar-refractivity contribution is 0.162. The lowest BCUT2D eigenvalue weighted by Crippen LogP contribution is -2.35. The molecule has 1 aliphatic heterocycles. The van der Waals surface area contributed by atoms with E-state index in [1.807, 2.05) is 6.92 Å². The third-order valence-corrected chi connectivity index (χ3v) is 2.91. The summed E-state index contributed by atoms with van der Waals surface area (Å²) in [6.07, 6.45) is 2.11. The molecule has 1 aliphatic rings. The quantitative estimate of drug-likeness (QED) is 0.791. The lowest BCUT2D eigenvalue weighted by atomic mass is 9.96. The Morgan fingerprint density at radius 1 is 1.47 bits per heavy atom. The molecule has 0 unspecified atom stereocenters. The number of hydrogen-bond donors (Lipinski definition) is 1. The first-order valence-electron chi connectivity index (χ1n) is 5.43. The molecule has 5 nitrogen and oxygen atoms in total. The minimum atomic E-state index is 0.242. The van der Waals surface area contributed by atoms with Gasteiger partial charge in [0.15, 0.2) is 5.82 Å². The molecule has 1 aromatic rings. The van der Waals surface area contributed by atoms with Crippen LogP contribution in [-0.2, 0) is 0 Å². The first kappa shape index (κ1) is 10.6. The van der Waals surface area contributed by atoms with Crippen molar-refractivity contribution in [3.63, 3.8) is 0 Å². The number of aryl methyl sites for hydroxylation is 1. The fourth-order valence-corrected chi connectivity index (χ4v) is 2.04. The first-order valence-corrected chi connectivity index (χ1v) is 5.43. The molecule has 1 saturated heterocycles. The van der Waals surface area contributed by atoms with Gasteiger partial charge in [-0.3, -0.25) is 0 Å². The van der Waals surface area contributed by atoms with Crippen molar-refractivity contribution < 1.29 is 9.63 Å². The number of nitrogens with zero attached hydrogens (tertiary/aromatic N) is 3. The van der Waals surface area contributed by atoms with E-state index in [1.54, 1.807) is 0 Å². The number of β-amino-alcohol motifs (C(OH)–C–C–N with tert-alkyl or cyclic N) is 1. The van der Waals surface area contributed by atoms with Crippen LogP contribution in [0.5, 0.6) is 0 Å². The molecule has 0 aromatic carbocycles. The molecule has 0 aliphatic carbocycles. The van der Waals surface area contributed by atoms with Gasteiger partial charge >= 0.3 is 0 Å². The topological polar surface area (TPSA) is 62.4 Å². The van der Waals surface area contributed by atoms with Gasteiger partial charge in [-0.15, -0.1) is 0 Å². The minimum Gasteiger partial charge on any atom is -0.395 e. The van der Waals surface area contributed by atoms with Crippen LogP contribution in [0.15, 0.2) is 4.52 Å². The van der Waals surface area contributed by atoms with E-state index < -0.39 is 0 Å². The molecule has 1 N–H and O–H groups in total.